The Labute approximate surface area is 251 Å². The van der Waals surface area contributed by atoms with E-state index in [2.05, 4.69) is 63.2 Å². The van der Waals surface area contributed by atoms with Gasteiger partial charge in [-0.05, 0) is 92.9 Å². The third-order valence-corrected chi connectivity index (χ3v) is 9.74. The van der Waals surface area contributed by atoms with Gasteiger partial charge in [-0.15, -0.1) is 0 Å². The maximum Gasteiger partial charge on any atom is 0.242 e. The Morgan fingerprint density at radius 1 is 1.00 bits per heavy atom. The van der Waals surface area contributed by atoms with Crippen molar-refractivity contribution in [2.75, 3.05) is 55.4 Å². The summed E-state index contributed by atoms with van der Waals surface area (Å²) < 4.78 is 34.0. The van der Waals surface area contributed by atoms with Crippen molar-refractivity contribution in [3.05, 3.63) is 53.1 Å². The molecule has 3 heterocycles. The number of halogens is 1. The van der Waals surface area contributed by atoms with Crippen LogP contribution >= 0.6 is 15.9 Å². The van der Waals surface area contributed by atoms with Crippen molar-refractivity contribution < 1.29 is 13.2 Å². The monoisotopic (exact) mass is 643 g/mol. The van der Waals surface area contributed by atoms with Gasteiger partial charge in [0.25, 0.3) is 0 Å². The highest BCUT2D eigenvalue weighted by Crippen LogP contribution is 2.35. The van der Waals surface area contributed by atoms with Gasteiger partial charge in [-0.25, -0.2) is 18.1 Å². The van der Waals surface area contributed by atoms with Gasteiger partial charge in [0.1, 0.15) is 16.5 Å². The molecule has 0 radical (unpaired) electrons. The topological polar surface area (TPSA) is 112 Å². The highest BCUT2D eigenvalue weighted by Gasteiger charge is 2.26. The Bertz CT molecular complexity index is 1440. The molecule has 2 saturated heterocycles. The van der Waals surface area contributed by atoms with Crippen LogP contribution in [-0.4, -0.2) is 69.2 Å². The highest BCUT2D eigenvalue weighted by atomic mass is 79.9. The molecule has 5 rings (SSSR count). The summed E-state index contributed by atoms with van der Waals surface area (Å²) >= 11 is 3.47. The zero-order chi connectivity index (χ0) is 28.8. The molecular weight excluding hydrogens is 606 g/mol. The molecule has 2 aliphatic rings. The van der Waals surface area contributed by atoms with E-state index >= 15 is 0 Å². The first-order chi connectivity index (χ1) is 19.9. The zero-order valence-electron chi connectivity index (χ0n) is 23.6. The molecule has 41 heavy (non-hydrogen) atoms. The first kappa shape index (κ1) is 29.6. The van der Waals surface area contributed by atoms with E-state index in [4.69, 9.17) is 4.74 Å². The molecule has 0 bridgehead atoms. The van der Waals surface area contributed by atoms with Crippen molar-refractivity contribution in [1.82, 2.24) is 19.6 Å². The van der Waals surface area contributed by atoms with E-state index in [1.807, 2.05) is 13.0 Å². The Hall–Kier alpha value is -2.93. The molecule has 0 unspecified atom stereocenters. The lowest BCUT2D eigenvalue weighted by Gasteiger charge is -2.41. The van der Waals surface area contributed by atoms with Crippen LogP contribution in [-0.2, 0) is 10.0 Å². The molecule has 0 spiro atoms. The molecule has 0 atom stereocenters. The molecule has 0 amide bonds. The van der Waals surface area contributed by atoms with E-state index in [0.29, 0.717) is 34.6 Å². The van der Waals surface area contributed by atoms with Crippen LogP contribution in [0.25, 0.3) is 0 Å². The smallest absolute Gasteiger partial charge is 0.242 e. The van der Waals surface area contributed by atoms with Gasteiger partial charge < -0.3 is 25.2 Å². The summed E-state index contributed by atoms with van der Waals surface area (Å²) in [6.45, 7) is 7.06. The third kappa shape index (κ3) is 7.11. The second-order valence-electron chi connectivity index (χ2n) is 10.3. The maximum absolute atomic E-state index is 12.5. The van der Waals surface area contributed by atoms with Crippen LogP contribution in [0.1, 0.15) is 39.0 Å². The van der Waals surface area contributed by atoms with E-state index in [1.54, 1.807) is 24.4 Å². The Balaban J connectivity index is 1.31. The molecule has 2 aromatic carbocycles. The van der Waals surface area contributed by atoms with E-state index in [0.717, 1.165) is 30.2 Å². The van der Waals surface area contributed by atoms with Crippen molar-refractivity contribution in [2.24, 2.45) is 0 Å². The van der Waals surface area contributed by atoms with Crippen LogP contribution in [0.15, 0.2) is 58.0 Å². The van der Waals surface area contributed by atoms with Gasteiger partial charge in [-0.3, -0.25) is 0 Å². The number of likely N-dealkylation sites (tertiary alicyclic amines) is 1. The number of nitrogens with zero attached hydrogens (tertiary/aromatic N) is 4. The predicted molar refractivity (Wildman–Crippen MR) is 167 cm³/mol. The summed E-state index contributed by atoms with van der Waals surface area (Å²) in [7, 11) is -2.28. The summed E-state index contributed by atoms with van der Waals surface area (Å²) in [5, 5.41) is 6.41. The van der Waals surface area contributed by atoms with Crippen molar-refractivity contribution in [3.8, 4) is 5.75 Å². The molecule has 12 heteroatoms. The summed E-state index contributed by atoms with van der Waals surface area (Å²) in [5.74, 6) is 1.50. The number of sulfonamides is 1. The highest BCUT2D eigenvalue weighted by molar-refractivity contribution is 9.10. The van der Waals surface area contributed by atoms with E-state index in [9.17, 15) is 8.42 Å². The molecule has 0 saturated carbocycles. The van der Waals surface area contributed by atoms with Crippen molar-refractivity contribution >= 4 is 54.8 Å². The summed E-state index contributed by atoms with van der Waals surface area (Å²) in [6.07, 6.45) is 8.02. The fourth-order valence-corrected chi connectivity index (χ4v) is 6.71. The first-order valence-electron chi connectivity index (χ1n) is 14.2. The van der Waals surface area contributed by atoms with Crippen LogP contribution in [0, 0.1) is 0 Å². The number of anilines is 5. The Morgan fingerprint density at radius 3 is 2.49 bits per heavy atom. The van der Waals surface area contributed by atoms with Crippen LogP contribution < -0.4 is 25.0 Å². The minimum atomic E-state index is -3.66. The fourth-order valence-electron chi connectivity index (χ4n) is 5.54. The molecule has 10 nitrogen and oxygen atoms in total. The number of hydrogen-bond acceptors (Lipinski definition) is 9. The average Bonchev–Trinajstić information content (AvgIpc) is 3.00. The van der Waals surface area contributed by atoms with Crippen LogP contribution in [0.4, 0.5) is 28.8 Å². The Kier molecular flexibility index (Phi) is 9.64. The summed E-state index contributed by atoms with van der Waals surface area (Å²) in [4.78, 5) is 14.3. The number of hydrogen-bond donors (Lipinski definition) is 3. The van der Waals surface area contributed by atoms with Crippen LogP contribution in [0.5, 0.6) is 5.75 Å². The van der Waals surface area contributed by atoms with Crippen molar-refractivity contribution in [3.63, 3.8) is 0 Å². The summed E-state index contributed by atoms with van der Waals surface area (Å²) in [6, 6.07) is 13.6. The van der Waals surface area contributed by atoms with Crippen LogP contribution in [0.3, 0.4) is 0 Å². The molecule has 3 aromatic rings. The number of ether oxygens (including phenoxy) is 1. The van der Waals surface area contributed by atoms with Crippen LogP contribution in [0.2, 0.25) is 0 Å². The second kappa shape index (κ2) is 13.4. The third-order valence-electron chi connectivity index (χ3n) is 7.69. The fraction of sp³-hybridized carbons (Fsp3) is 0.448. The maximum atomic E-state index is 12.5. The minimum Gasteiger partial charge on any atom is -0.492 e. The molecule has 3 N–H and O–H groups in total. The van der Waals surface area contributed by atoms with Crippen molar-refractivity contribution in [2.45, 2.75) is 50.0 Å². The number of rotatable bonds is 10. The first-order valence-corrected chi connectivity index (χ1v) is 16.5. The normalized spacial score (nSPS) is 16.9. The molecule has 0 aliphatic carbocycles. The standard InChI is InChI=1S/C29H38BrN7O3S/c1-3-40-26-19-22(37-17-13-21(14-18-37)36-15-7-4-8-16-36)11-12-24(26)34-29-32-20-23(30)28(35-29)33-25-9-5-6-10-27(25)41(38,39)31-2/h5-6,9-12,19-21,31H,3-4,7-8,13-18H2,1-2H3,(H2,32,33,34,35). The van der Waals surface area contributed by atoms with E-state index < -0.39 is 10.0 Å². The number of nitrogens with one attached hydrogen (secondary N) is 3. The van der Waals surface area contributed by atoms with Gasteiger partial charge in [-0.2, -0.15) is 4.98 Å². The largest absolute Gasteiger partial charge is 0.492 e. The number of benzene rings is 2. The minimum absolute atomic E-state index is 0.122. The summed E-state index contributed by atoms with van der Waals surface area (Å²) in [5.41, 5.74) is 2.30. The predicted octanol–water partition coefficient (Wildman–Crippen LogP) is 5.49. The van der Waals surface area contributed by atoms with Gasteiger partial charge in [0.05, 0.1) is 22.5 Å². The van der Waals surface area contributed by atoms with Gasteiger partial charge in [0.15, 0.2) is 0 Å². The quantitative estimate of drug-likeness (QED) is 0.264. The van der Waals surface area contributed by atoms with Gasteiger partial charge in [0.2, 0.25) is 16.0 Å². The Morgan fingerprint density at radius 2 is 1.76 bits per heavy atom. The lowest BCUT2D eigenvalue weighted by atomic mass is 9.99. The lowest BCUT2D eigenvalue weighted by Crippen LogP contribution is -2.46. The second-order valence-corrected chi connectivity index (χ2v) is 13.0. The molecule has 1 aromatic heterocycles. The molecule has 2 fully saturated rings. The van der Waals surface area contributed by atoms with Gasteiger partial charge in [-0.1, -0.05) is 18.6 Å². The zero-order valence-corrected chi connectivity index (χ0v) is 26.0. The average molecular weight is 645 g/mol. The van der Waals surface area contributed by atoms with Gasteiger partial charge in [0, 0.05) is 37.1 Å². The number of para-hydroxylation sites is 1. The number of aromatic nitrogens is 2. The molecule has 2 aliphatic heterocycles. The van der Waals surface area contributed by atoms with Crippen molar-refractivity contribution in [1.29, 1.82) is 0 Å². The van der Waals surface area contributed by atoms with E-state index in [1.165, 1.54) is 58.3 Å². The molecule has 220 valence electrons. The molecular formula is C29H38BrN7O3S. The van der Waals surface area contributed by atoms with E-state index in [-0.39, 0.29) is 4.90 Å². The SMILES string of the molecule is CCOc1cc(N2CCC(N3CCCCC3)CC2)ccc1Nc1ncc(Br)c(Nc2ccccc2S(=O)(=O)NC)n1. The van der Waals surface area contributed by atoms with Gasteiger partial charge >= 0.3 is 0 Å². The lowest BCUT2D eigenvalue weighted by molar-refractivity contribution is 0.141. The number of piperidine rings is 2.